The number of rotatable bonds is 20. The lowest BCUT2D eigenvalue weighted by Crippen LogP contribution is -2.22. The zero-order valence-electron chi connectivity index (χ0n) is 42.3. The Morgan fingerprint density at radius 1 is 0.885 bits per heavy atom. The Labute approximate surface area is 384 Å². The highest BCUT2D eigenvalue weighted by Gasteiger charge is 2.30. The number of hydrogen-bond acceptors (Lipinski definition) is 2. The summed E-state index contributed by atoms with van der Waals surface area (Å²) in [5.41, 5.74) is 7.47. The van der Waals surface area contributed by atoms with Gasteiger partial charge >= 0.3 is 0 Å². The van der Waals surface area contributed by atoms with E-state index in [4.69, 9.17) is 11.6 Å². The molecule has 2 aliphatic carbocycles. The number of nitriles is 1. The molecule has 0 aromatic heterocycles. The van der Waals surface area contributed by atoms with Crippen LogP contribution in [-0.4, -0.2) is 6.29 Å². The van der Waals surface area contributed by atoms with Crippen LogP contribution in [0.1, 0.15) is 209 Å². The van der Waals surface area contributed by atoms with Crippen molar-refractivity contribution in [2.45, 2.75) is 200 Å². The standard InChI is InChI=1S/C36H55NO.C7H7Cl.C7H14.C6H12.C2H6/c1-7-11-31(17-15-27(4)23-24-38)29(6)28(5)16-18-33(12-8-2)36(9-3)34-21-19-32(20-22-34)35-14-10-13-30(25-35)26-37;1-6-3-2-4-7(8)5-6;1-5-7(4)6(2)3;1-3-6-4-5(6)2;1-2/h14,19-22,24-25,27-29,31,33,36H,7-13,15-18,23H2,1-6H3;2-5H,1H3;5-6H,1-4H3;5-6H,3-4H2,1-2H3;1-2H3/b;;7-5+;;. The summed E-state index contributed by atoms with van der Waals surface area (Å²) in [7, 11) is 0. The van der Waals surface area contributed by atoms with Crippen molar-refractivity contribution in [1.29, 1.82) is 5.26 Å². The second-order valence-electron chi connectivity index (χ2n) is 18.6. The maximum absolute atomic E-state index is 10.9. The zero-order chi connectivity index (χ0) is 46.3. The van der Waals surface area contributed by atoms with Crippen LogP contribution in [0, 0.1) is 65.6 Å². The molecule has 2 nitrogen and oxygen atoms in total. The molecule has 2 aromatic rings. The van der Waals surface area contributed by atoms with Gasteiger partial charge in [0.1, 0.15) is 6.29 Å². The van der Waals surface area contributed by atoms with Gasteiger partial charge in [0.05, 0.1) is 6.07 Å². The van der Waals surface area contributed by atoms with E-state index < -0.39 is 0 Å². The highest BCUT2D eigenvalue weighted by Crippen LogP contribution is 2.40. The normalized spacial score (nSPS) is 18.5. The first-order valence-electron chi connectivity index (χ1n) is 24.9. The van der Waals surface area contributed by atoms with Crippen molar-refractivity contribution >= 4 is 23.5 Å². The van der Waals surface area contributed by atoms with Crippen LogP contribution in [-0.2, 0) is 4.79 Å². The second kappa shape index (κ2) is 34.6. The van der Waals surface area contributed by atoms with Gasteiger partial charge < -0.3 is 4.79 Å². The number of carbonyl (C=O) groups is 1. The number of benzene rings is 2. The minimum Gasteiger partial charge on any atom is -0.303 e. The molecule has 0 saturated heterocycles. The average molecular weight is 857 g/mol. The Kier molecular flexibility index (Phi) is 32.9. The number of aryl methyl sites for hydroxylation is 1. The molecule has 1 fully saturated rings. The van der Waals surface area contributed by atoms with E-state index in [0.29, 0.717) is 18.3 Å². The van der Waals surface area contributed by atoms with Crippen LogP contribution in [0.15, 0.2) is 77.9 Å². The number of hydrogen-bond donors (Lipinski definition) is 0. The SMILES string of the molecule is C/C=C(\C)C(C)C.CC.CCC1CC1C.CCCC(CCC(C)C(C)C(CCC)CCC(C)CC=O)C(CC)c1ccc(C2=CCCC(C#N)=C2)cc1.Cc1cccc(Cl)c1. The highest BCUT2D eigenvalue weighted by atomic mass is 35.5. The molecular weight excluding hydrogens is 762 g/mol. The van der Waals surface area contributed by atoms with Crippen LogP contribution in [0.4, 0.5) is 0 Å². The summed E-state index contributed by atoms with van der Waals surface area (Å²) in [5.74, 6) is 6.97. The molecule has 3 heteroatoms. The number of aldehydes is 1. The Bertz CT molecular complexity index is 1540. The van der Waals surface area contributed by atoms with Crippen LogP contribution >= 0.6 is 11.6 Å². The molecule has 8 atom stereocenters. The van der Waals surface area contributed by atoms with E-state index in [9.17, 15) is 10.1 Å². The third kappa shape index (κ3) is 24.5. The van der Waals surface area contributed by atoms with Crippen molar-refractivity contribution in [3.63, 3.8) is 0 Å². The fourth-order valence-electron chi connectivity index (χ4n) is 8.61. The van der Waals surface area contributed by atoms with Gasteiger partial charge in [0, 0.05) is 17.0 Å². The molecule has 0 bridgehead atoms. The maximum atomic E-state index is 10.9. The van der Waals surface area contributed by atoms with E-state index in [0.717, 1.165) is 71.1 Å². The van der Waals surface area contributed by atoms with Gasteiger partial charge in [0.15, 0.2) is 0 Å². The molecule has 8 unspecified atom stereocenters. The van der Waals surface area contributed by atoms with Crippen molar-refractivity contribution < 1.29 is 4.79 Å². The quantitative estimate of drug-likeness (QED) is 0.0983. The Morgan fingerprint density at radius 3 is 1.92 bits per heavy atom. The molecule has 344 valence electrons. The molecule has 61 heavy (non-hydrogen) atoms. The summed E-state index contributed by atoms with van der Waals surface area (Å²) >= 11 is 5.64. The van der Waals surface area contributed by atoms with E-state index >= 15 is 0 Å². The van der Waals surface area contributed by atoms with E-state index in [1.807, 2.05) is 45.0 Å². The largest absolute Gasteiger partial charge is 0.303 e. The first-order valence-corrected chi connectivity index (χ1v) is 25.3. The van der Waals surface area contributed by atoms with Crippen LogP contribution in [0.3, 0.4) is 0 Å². The molecule has 1 saturated carbocycles. The topological polar surface area (TPSA) is 40.9 Å². The Balaban J connectivity index is 0.00000125. The molecule has 0 heterocycles. The Morgan fingerprint density at radius 2 is 1.49 bits per heavy atom. The predicted octanol–water partition coefficient (Wildman–Crippen LogP) is 19.0. The second-order valence-corrected chi connectivity index (χ2v) is 19.0. The fraction of sp³-hybridized carbons (Fsp3) is 0.655. The summed E-state index contributed by atoms with van der Waals surface area (Å²) in [6.07, 6.45) is 24.3. The minimum atomic E-state index is 0.513. The molecule has 2 aliphatic rings. The third-order valence-electron chi connectivity index (χ3n) is 13.6. The van der Waals surface area contributed by atoms with E-state index in [2.05, 4.69) is 132 Å². The third-order valence-corrected chi connectivity index (χ3v) is 13.8. The molecule has 0 aliphatic heterocycles. The lowest BCUT2D eigenvalue weighted by molar-refractivity contribution is -0.108. The predicted molar refractivity (Wildman–Crippen MR) is 273 cm³/mol. The van der Waals surface area contributed by atoms with E-state index in [1.165, 1.54) is 98.5 Å². The van der Waals surface area contributed by atoms with Crippen molar-refractivity contribution in [2.24, 2.45) is 47.3 Å². The van der Waals surface area contributed by atoms with Crippen molar-refractivity contribution in [3.8, 4) is 6.07 Å². The summed E-state index contributed by atoms with van der Waals surface area (Å²) in [6.45, 7) is 33.5. The summed E-state index contributed by atoms with van der Waals surface area (Å²) in [6, 6.07) is 19.4. The van der Waals surface area contributed by atoms with Gasteiger partial charge in [-0.05, 0) is 153 Å². The summed E-state index contributed by atoms with van der Waals surface area (Å²) < 4.78 is 0. The molecule has 0 N–H and O–H groups in total. The van der Waals surface area contributed by atoms with Gasteiger partial charge in [-0.25, -0.2) is 0 Å². The summed E-state index contributed by atoms with van der Waals surface area (Å²) in [4.78, 5) is 10.9. The lowest BCUT2D eigenvalue weighted by atomic mass is 9.73. The molecule has 0 amide bonds. The monoisotopic (exact) mass is 856 g/mol. The van der Waals surface area contributed by atoms with E-state index in [-0.39, 0.29) is 0 Å². The number of carbonyl (C=O) groups excluding carboxylic acids is 1. The lowest BCUT2D eigenvalue weighted by Gasteiger charge is -2.32. The molecule has 0 spiro atoms. The van der Waals surface area contributed by atoms with Crippen molar-refractivity contribution in [1.82, 2.24) is 0 Å². The number of halogens is 1. The van der Waals surface area contributed by atoms with Gasteiger partial charge in [-0.3, -0.25) is 0 Å². The molecule has 2 aromatic carbocycles. The van der Waals surface area contributed by atoms with Crippen molar-refractivity contribution in [3.05, 3.63) is 99.6 Å². The van der Waals surface area contributed by atoms with Crippen LogP contribution in [0.2, 0.25) is 5.02 Å². The van der Waals surface area contributed by atoms with Crippen molar-refractivity contribution in [2.75, 3.05) is 0 Å². The average Bonchev–Trinajstić information content (AvgIpc) is 4.00. The van der Waals surface area contributed by atoms with Gasteiger partial charge in [-0.1, -0.05) is 194 Å². The maximum Gasteiger partial charge on any atom is 0.120 e. The van der Waals surface area contributed by atoms with Gasteiger partial charge in [-0.15, -0.1) is 0 Å². The number of nitrogens with zero attached hydrogens (tertiary/aromatic N) is 1. The first kappa shape index (κ1) is 58.1. The van der Waals surface area contributed by atoms with Gasteiger partial charge in [-0.2, -0.15) is 5.26 Å². The number of allylic oxidation sites excluding steroid dienone is 6. The van der Waals surface area contributed by atoms with Gasteiger partial charge in [0.25, 0.3) is 0 Å². The first-order chi connectivity index (χ1) is 29.2. The molecule has 4 rings (SSSR count). The Hall–Kier alpha value is -2.89. The smallest absolute Gasteiger partial charge is 0.120 e. The van der Waals surface area contributed by atoms with E-state index in [1.54, 1.807) is 0 Å². The molecular formula is C58H94ClNO. The minimum absolute atomic E-state index is 0.513. The molecule has 0 radical (unpaired) electrons. The zero-order valence-corrected chi connectivity index (χ0v) is 43.0. The van der Waals surface area contributed by atoms with Crippen LogP contribution in [0.5, 0.6) is 0 Å². The van der Waals surface area contributed by atoms with Gasteiger partial charge in [0.2, 0.25) is 0 Å². The van der Waals surface area contributed by atoms with Crippen LogP contribution < -0.4 is 0 Å². The van der Waals surface area contributed by atoms with Crippen LogP contribution in [0.25, 0.3) is 5.57 Å². The highest BCUT2D eigenvalue weighted by molar-refractivity contribution is 6.30. The fourth-order valence-corrected chi connectivity index (χ4v) is 8.85. The summed E-state index contributed by atoms with van der Waals surface area (Å²) in [5, 5.41) is 10.1.